The van der Waals surface area contributed by atoms with Gasteiger partial charge in [-0.2, -0.15) is 0 Å². The molecule has 1 rings (SSSR count). The van der Waals surface area contributed by atoms with Gasteiger partial charge in [-0.15, -0.1) is 0 Å². The molecule has 1 aromatic carbocycles. The van der Waals surface area contributed by atoms with Crippen LogP contribution in [0.4, 0.5) is 0 Å². The third-order valence-corrected chi connectivity index (χ3v) is 3.06. The molecule has 1 aromatic rings. The van der Waals surface area contributed by atoms with E-state index in [4.69, 9.17) is 0 Å². The van der Waals surface area contributed by atoms with Gasteiger partial charge < -0.3 is 0 Å². The van der Waals surface area contributed by atoms with Crippen molar-refractivity contribution in [3.8, 4) is 0 Å². The topological polar surface area (TPSA) is 0 Å². The zero-order valence-electron chi connectivity index (χ0n) is 10.6. The molecular weight excluding hydrogens is 180 g/mol. The lowest BCUT2D eigenvalue weighted by molar-refractivity contribution is 0.512. The Morgan fingerprint density at radius 1 is 0.933 bits per heavy atom. The van der Waals surface area contributed by atoms with Gasteiger partial charge in [-0.05, 0) is 30.7 Å². The summed E-state index contributed by atoms with van der Waals surface area (Å²) in [6.45, 7) is 9.09. The fourth-order valence-corrected chi connectivity index (χ4v) is 1.89. The molecule has 1 atom stereocenters. The maximum atomic E-state index is 2.34. The van der Waals surface area contributed by atoms with E-state index in [-0.39, 0.29) is 0 Å². The summed E-state index contributed by atoms with van der Waals surface area (Å²) in [6.07, 6.45) is 4.03. The maximum Gasteiger partial charge on any atom is -0.0190 e. The zero-order valence-corrected chi connectivity index (χ0v) is 10.6. The van der Waals surface area contributed by atoms with Crippen LogP contribution in [0.15, 0.2) is 24.3 Å². The Kier molecular flexibility index (Phi) is 4.87. The molecule has 0 amide bonds. The first-order chi connectivity index (χ1) is 7.09. The van der Waals surface area contributed by atoms with Crippen molar-refractivity contribution in [2.75, 3.05) is 0 Å². The van der Waals surface area contributed by atoms with Crippen molar-refractivity contribution in [2.45, 2.75) is 52.9 Å². The monoisotopic (exact) mass is 204 g/mol. The average molecular weight is 204 g/mol. The first-order valence-electron chi connectivity index (χ1n) is 6.16. The minimum Gasteiger partial charge on any atom is -0.0628 e. The molecule has 0 aliphatic heterocycles. The first-order valence-corrected chi connectivity index (χ1v) is 6.16. The molecule has 0 aliphatic carbocycles. The van der Waals surface area contributed by atoms with E-state index in [1.807, 2.05) is 0 Å². The van der Waals surface area contributed by atoms with Crippen LogP contribution in [-0.2, 0) is 0 Å². The van der Waals surface area contributed by atoms with E-state index in [0.29, 0.717) is 5.92 Å². The van der Waals surface area contributed by atoms with Gasteiger partial charge >= 0.3 is 0 Å². The van der Waals surface area contributed by atoms with Crippen LogP contribution in [0.5, 0.6) is 0 Å². The second-order valence-corrected chi connectivity index (χ2v) is 5.14. The molecule has 0 heteroatoms. The van der Waals surface area contributed by atoms with E-state index in [1.54, 1.807) is 0 Å². The van der Waals surface area contributed by atoms with Crippen molar-refractivity contribution in [1.82, 2.24) is 0 Å². The van der Waals surface area contributed by atoms with Crippen molar-refractivity contribution in [3.05, 3.63) is 35.4 Å². The van der Waals surface area contributed by atoms with Crippen LogP contribution < -0.4 is 0 Å². The minimum absolute atomic E-state index is 0.712. The third kappa shape index (κ3) is 4.51. The molecule has 0 N–H and O–H groups in total. The van der Waals surface area contributed by atoms with Crippen LogP contribution in [-0.4, -0.2) is 0 Å². The van der Waals surface area contributed by atoms with Gasteiger partial charge in [0.15, 0.2) is 0 Å². The Morgan fingerprint density at radius 2 is 1.53 bits per heavy atom. The molecular formula is C15H24. The maximum absolute atomic E-state index is 2.34. The van der Waals surface area contributed by atoms with Gasteiger partial charge in [0.05, 0.1) is 0 Å². The molecule has 84 valence electrons. The fourth-order valence-electron chi connectivity index (χ4n) is 1.89. The molecule has 0 spiro atoms. The largest absolute Gasteiger partial charge is 0.0628 e. The Labute approximate surface area is 94.7 Å². The molecule has 0 aromatic heterocycles. The van der Waals surface area contributed by atoms with Crippen LogP contribution in [0, 0.1) is 12.8 Å². The van der Waals surface area contributed by atoms with Gasteiger partial charge in [0.25, 0.3) is 0 Å². The summed E-state index contributed by atoms with van der Waals surface area (Å²) in [5, 5.41) is 0. The van der Waals surface area contributed by atoms with Crippen molar-refractivity contribution in [2.24, 2.45) is 5.92 Å². The van der Waals surface area contributed by atoms with Gasteiger partial charge in [0.1, 0.15) is 0 Å². The zero-order chi connectivity index (χ0) is 11.3. The van der Waals surface area contributed by atoms with E-state index in [0.717, 1.165) is 5.92 Å². The quantitative estimate of drug-likeness (QED) is 0.638. The highest BCUT2D eigenvalue weighted by molar-refractivity contribution is 5.23. The standard InChI is InChI=1S/C15H24/c1-12(2)6-5-7-14(4)15-10-8-13(3)9-11-15/h8-12,14H,5-7H2,1-4H3/t14-/m0/s1. The van der Waals surface area contributed by atoms with Gasteiger partial charge in [0, 0.05) is 0 Å². The van der Waals surface area contributed by atoms with E-state index in [9.17, 15) is 0 Å². The lowest BCUT2D eigenvalue weighted by Gasteiger charge is -2.12. The number of aryl methyl sites for hydroxylation is 1. The highest BCUT2D eigenvalue weighted by Gasteiger charge is 2.05. The number of rotatable bonds is 5. The smallest absolute Gasteiger partial charge is 0.0190 e. The van der Waals surface area contributed by atoms with Crippen molar-refractivity contribution in [3.63, 3.8) is 0 Å². The summed E-state index contributed by atoms with van der Waals surface area (Å²) in [5.41, 5.74) is 2.84. The molecule has 0 saturated carbocycles. The van der Waals surface area contributed by atoms with E-state index in [1.165, 1.54) is 30.4 Å². The molecule has 0 radical (unpaired) electrons. The van der Waals surface area contributed by atoms with Crippen LogP contribution in [0.1, 0.15) is 57.1 Å². The summed E-state index contributed by atoms with van der Waals surface area (Å²) in [6, 6.07) is 8.98. The van der Waals surface area contributed by atoms with Crippen molar-refractivity contribution in [1.29, 1.82) is 0 Å². The highest BCUT2D eigenvalue weighted by Crippen LogP contribution is 2.22. The fraction of sp³-hybridized carbons (Fsp3) is 0.600. The predicted molar refractivity (Wildman–Crippen MR) is 68.3 cm³/mol. The highest BCUT2D eigenvalue weighted by atomic mass is 14.1. The third-order valence-electron chi connectivity index (χ3n) is 3.06. The molecule has 0 fully saturated rings. The van der Waals surface area contributed by atoms with Gasteiger partial charge in [-0.3, -0.25) is 0 Å². The number of hydrogen-bond acceptors (Lipinski definition) is 0. The molecule has 0 saturated heterocycles. The van der Waals surface area contributed by atoms with Gasteiger partial charge in [-0.25, -0.2) is 0 Å². The predicted octanol–water partition coefficient (Wildman–Crippen LogP) is 4.92. The second-order valence-electron chi connectivity index (χ2n) is 5.14. The van der Waals surface area contributed by atoms with E-state index >= 15 is 0 Å². The van der Waals surface area contributed by atoms with Crippen LogP contribution >= 0.6 is 0 Å². The van der Waals surface area contributed by atoms with Crippen molar-refractivity contribution >= 4 is 0 Å². The van der Waals surface area contributed by atoms with E-state index < -0.39 is 0 Å². The second kappa shape index (κ2) is 5.95. The molecule has 15 heavy (non-hydrogen) atoms. The van der Waals surface area contributed by atoms with Gasteiger partial charge in [0.2, 0.25) is 0 Å². The number of benzene rings is 1. The minimum atomic E-state index is 0.712. The Bertz CT molecular complexity index is 269. The lowest BCUT2D eigenvalue weighted by atomic mass is 9.93. The average Bonchev–Trinajstić information content (AvgIpc) is 2.18. The normalized spacial score (nSPS) is 13.1. The van der Waals surface area contributed by atoms with Crippen LogP contribution in [0.3, 0.4) is 0 Å². The summed E-state index contributed by atoms with van der Waals surface area (Å²) in [4.78, 5) is 0. The molecule has 0 heterocycles. The van der Waals surface area contributed by atoms with Crippen LogP contribution in [0.25, 0.3) is 0 Å². The Hall–Kier alpha value is -0.780. The number of hydrogen-bond donors (Lipinski definition) is 0. The van der Waals surface area contributed by atoms with Crippen molar-refractivity contribution < 1.29 is 0 Å². The summed E-state index contributed by atoms with van der Waals surface area (Å²) in [7, 11) is 0. The lowest BCUT2D eigenvalue weighted by Crippen LogP contribution is -1.95. The Balaban J connectivity index is 2.40. The van der Waals surface area contributed by atoms with Gasteiger partial charge in [-0.1, -0.05) is 63.4 Å². The van der Waals surface area contributed by atoms with E-state index in [2.05, 4.69) is 52.0 Å². The summed E-state index contributed by atoms with van der Waals surface area (Å²) in [5.74, 6) is 1.56. The summed E-state index contributed by atoms with van der Waals surface area (Å²) >= 11 is 0. The molecule has 0 nitrogen and oxygen atoms in total. The van der Waals surface area contributed by atoms with Crippen LogP contribution in [0.2, 0.25) is 0 Å². The first kappa shape index (κ1) is 12.3. The molecule has 0 aliphatic rings. The summed E-state index contributed by atoms with van der Waals surface area (Å²) < 4.78 is 0. The molecule has 0 bridgehead atoms. The molecule has 0 unspecified atom stereocenters. The SMILES string of the molecule is Cc1ccc([C@@H](C)CCCC(C)C)cc1. The Morgan fingerprint density at radius 3 is 2.07 bits per heavy atom.